The van der Waals surface area contributed by atoms with Crippen LogP contribution in [0.15, 0.2) is 54.7 Å². The van der Waals surface area contributed by atoms with Gasteiger partial charge in [-0.1, -0.05) is 6.07 Å². The molecule has 1 saturated heterocycles. The predicted molar refractivity (Wildman–Crippen MR) is 128 cm³/mol. The topological polar surface area (TPSA) is 97.2 Å². The molecule has 9 heteroatoms. The van der Waals surface area contributed by atoms with Crippen molar-refractivity contribution in [2.24, 2.45) is 7.05 Å². The molecule has 0 saturated carbocycles. The third kappa shape index (κ3) is 4.35. The van der Waals surface area contributed by atoms with Crippen molar-refractivity contribution in [2.45, 2.75) is 0 Å². The van der Waals surface area contributed by atoms with Gasteiger partial charge in [0.15, 0.2) is 0 Å². The smallest absolute Gasteiger partial charge is 0.251 e. The molecule has 1 fully saturated rings. The van der Waals surface area contributed by atoms with E-state index in [0.29, 0.717) is 30.5 Å². The molecule has 1 aliphatic rings. The lowest BCUT2D eigenvalue weighted by Gasteiger charge is -2.27. The molecule has 0 aliphatic carbocycles. The van der Waals surface area contributed by atoms with Crippen molar-refractivity contribution in [3.63, 3.8) is 0 Å². The maximum atomic E-state index is 11.8. The number of amides is 1. The second-order valence-corrected chi connectivity index (χ2v) is 7.86. The Morgan fingerprint density at radius 3 is 2.58 bits per heavy atom. The second-order valence-electron chi connectivity index (χ2n) is 7.86. The minimum absolute atomic E-state index is 0.119. The summed E-state index contributed by atoms with van der Waals surface area (Å²) in [7, 11) is 3.55. The van der Waals surface area contributed by atoms with E-state index in [4.69, 9.17) is 14.7 Å². The number of aromatic nitrogens is 4. The Labute approximate surface area is 191 Å². The Hall–Kier alpha value is -3.98. The molecular formula is C24H25N7O2. The fraction of sp³-hybridized carbons (Fsp3) is 0.250. The summed E-state index contributed by atoms with van der Waals surface area (Å²) in [6.45, 7) is 2.79. The number of morpholine rings is 1. The van der Waals surface area contributed by atoms with Gasteiger partial charge in [-0.2, -0.15) is 10.1 Å². The molecule has 0 unspecified atom stereocenters. The zero-order valence-corrected chi connectivity index (χ0v) is 18.6. The fourth-order valence-corrected chi connectivity index (χ4v) is 3.87. The summed E-state index contributed by atoms with van der Waals surface area (Å²) >= 11 is 0. The van der Waals surface area contributed by atoms with E-state index in [9.17, 15) is 4.79 Å². The Morgan fingerprint density at radius 1 is 1.03 bits per heavy atom. The molecular weight excluding hydrogens is 418 g/mol. The van der Waals surface area contributed by atoms with Crippen molar-refractivity contribution in [3.05, 3.63) is 60.3 Å². The predicted octanol–water partition coefficient (Wildman–Crippen LogP) is 2.97. The number of hydrogen-bond donors (Lipinski definition) is 2. The molecule has 168 valence electrons. The van der Waals surface area contributed by atoms with Gasteiger partial charge in [-0.05, 0) is 36.4 Å². The highest BCUT2D eigenvalue weighted by atomic mass is 16.5. The summed E-state index contributed by atoms with van der Waals surface area (Å²) in [6, 6.07) is 15.4. The first kappa shape index (κ1) is 20.9. The SMILES string of the molecule is CNC(=O)c1ccc(Nc2cc(-c3ccc4c(cnn4C)c3)nc(N3CCOCC3)n2)cc1. The minimum atomic E-state index is -0.119. The number of nitrogens with zero attached hydrogens (tertiary/aromatic N) is 5. The summed E-state index contributed by atoms with van der Waals surface area (Å²) in [4.78, 5) is 23.6. The molecule has 33 heavy (non-hydrogen) atoms. The van der Waals surface area contributed by atoms with Gasteiger partial charge in [0.1, 0.15) is 5.82 Å². The highest BCUT2D eigenvalue weighted by Crippen LogP contribution is 2.28. The summed E-state index contributed by atoms with van der Waals surface area (Å²) in [5.74, 6) is 1.22. The Balaban J connectivity index is 1.51. The first-order valence-corrected chi connectivity index (χ1v) is 10.8. The van der Waals surface area contributed by atoms with Crippen LogP contribution in [0.2, 0.25) is 0 Å². The van der Waals surface area contributed by atoms with Gasteiger partial charge in [0, 0.05) is 55.5 Å². The number of rotatable bonds is 5. The molecule has 0 spiro atoms. The van der Waals surface area contributed by atoms with E-state index in [1.54, 1.807) is 19.2 Å². The van der Waals surface area contributed by atoms with E-state index >= 15 is 0 Å². The van der Waals surface area contributed by atoms with Crippen molar-refractivity contribution in [1.82, 2.24) is 25.1 Å². The van der Waals surface area contributed by atoms with Gasteiger partial charge < -0.3 is 20.3 Å². The Kier molecular flexibility index (Phi) is 5.62. The first-order valence-electron chi connectivity index (χ1n) is 10.8. The summed E-state index contributed by atoms with van der Waals surface area (Å²) in [5, 5.41) is 11.4. The Morgan fingerprint density at radius 2 is 1.82 bits per heavy atom. The standard InChI is InChI=1S/C24H25N7O2/c1-25-23(32)16-3-6-19(7-4-16)27-22-14-20(28-24(29-22)31-9-11-33-12-10-31)17-5-8-21-18(13-17)15-26-30(21)2/h3-8,13-15H,9-12H2,1-2H3,(H,25,32)(H,27,28,29). The fourth-order valence-electron chi connectivity index (χ4n) is 3.87. The van der Waals surface area contributed by atoms with Gasteiger partial charge in [0.2, 0.25) is 5.95 Å². The number of aryl methyl sites for hydroxylation is 1. The minimum Gasteiger partial charge on any atom is -0.378 e. The van der Waals surface area contributed by atoms with Gasteiger partial charge in [-0.3, -0.25) is 9.48 Å². The number of carbonyl (C=O) groups is 1. The molecule has 2 aromatic carbocycles. The zero-order chi connectivity index (χ0) is 22.8. The van der Waals surface area contributed by atoms with Crippen LogP contribution in [0.1, 0.15) is 10.4 Å². The quantitative estimate of drug-likeness (QED) is 0.489. The number of carbonyl (C=O) groups excluding carboxylic acids is 1. The van der Waals surface area contributed by atoms with Crippen LogP contribution in [0.5, 0.6) is 0 Å². The van der Waals surface area contributed by atoms with Crippen molar-refractivity contribution in [1.29, 1.82) is 0 Å². The lowest BCUT2D eigenvalue weighted by Crippen LogP contribution is -2.37. The summed E-state index contributed by atoms with van der Waals surface area (Å²) in [6.07, 6.45) is 1.86. The van der Waals surface area contributed by atoms with E-state index in [1.165, 1.54) is 0 Å². The van der Waals surface area contributed by atoms with E-state index in [-0.39, 0.29) is 5.91 Å². The monoisotopic (exact) mass is 443 g/mol. The van der Waals surface area contributed by atoms with E-state index in [0.717, 1.165) is 40.9 Å². The van der Waals surface area contributed by atoms with Crippen LogP contribution in [0.3, 0.4) is 0 Å². The number of nitrogens with one attached hydrogen (secondary N) is 2. The molecule has 1 amide bonds. The summed E-state index contributed by atoms with van der Waals surface area (Å²) in [5.41, 5.74) is 4.32. The van der Waals surface area contributed by atoms with E-state index in [2.05, 4.69) is 38.8 Å². The van der Waals surface area contributed by atoms with Crippen molar-refractivity contribution in [2.75, 3.05) is 43.6 Å². The third-order valence-corrected chi connectivity index (χ3v) is 5.70. The van der Waals surface area contributed by atoms with Crippen LogP contribution in [-0.4, -0.2) is 59.0 Å². The largest absolute Gasteiger partial charge is 0.378 e. The van der Waals surface area contributed by atoms with Gasteiger partial charge in [0.25, 0.3) is 5.91 Å². The van der Waals surface area contributed by atoms with Gasteiger partial charge >= 0.3 is 0 Å². The van der Waals surface area contributed by atoms with Crippen LogP contribution in [-0.2, 0) is 11.8 Å². The van der Waals surface area contributed by atoms with Gasteiger partial charge in [-0.15, -0.1) is 0 Å². The highest BCUT2D eigenvalue weighted by Gasteiger charge is 2.17. The summed E-state index contributed by atoms with van der Waals surface area (Å²) < 4.78 is 7.35. The molecule has 0 bridgehead atoms. The Bertz CT molecular complexity index is 1290. The number of anilines is 3. The molecule has 5 rings (SSSR count). The molecule has 0 radical (unpaired) electrons. The first-order chi connectivity index (χ1) is 16.1. The molecule has 3 heterocycles. The van der Waals surface area contributed by atoms with Gasteiger partial charge in [0.05, 0.1) is 30.6 Å². The number of benzene rings is 2. The maximum Gasteiger partial charge on any atom is 0.251 e. The molecule has 9 nitrogen and oxygen atoms in total. The van der Waals surface area contributed by atoms with Crippen molar-refractivity contribution >= 4 is 34.3 Å². The molecule has 1 aliphatic heterocycles. The zero-order valence-electron chi connectivity index (χ0n) is 18.6. The van der Waals surface area contributed by atoms with Crippen LogP contribution in [0.4, 0.5) is 17.5 Å². The molecule has 4 aromatic rings. The number of hydrogen-bond acceptors (Lipinski definition) is 7. The number of ether oxygens (including phenoxy) is 1. The van der Waals surface area contributed by atoms with Crippen molar-refractivity contribution < 1.29 is 9.53 Å². The van der Waals surface area contributed by atoms with Crippen molar-refractivity contribution in [3.8, 4) is 11.3 Å². The molecule has 0 atom stereocenters. The van der Waals surface area contributed by atoms with Crippen LogP contribution >= 0.6 is 0 Å². The van der Waals surface area contributed by atoms with Crippen LogP contribution < -0.4 is 15.5 Å². The molecule has 2 N–H and O–H groups in total. The van der Waals surface area contributed by atoms with Crippen LogP contribution in [0, 0.1) is 0 Å². The van der Waals surface area contributed by atoms with Gasteiger partial charge in [-0.25, -0.2) is 4.98 Å². The number of fused-ring (bicyclic) bond motifs is 1. The average molecular weight is 444 g/mol. The lowest BCUT2D eigenvalue weighted by molar-refractivity contribution is 0.0963. The van der Waals surface area contributed by atoms with Crippen LogP contribution in [0.25, 0.3) is 22.2 Å². The average Bonchev–Trinajstić information content (AvgIpc) is 3.24. The van der Waals surface area contributed by atoms with E-state index < -0.39 is 0 Å². The highest BCUT2D eigenvalue weighted by molar-refractivity contribution is 5.94. The lowest BCUT2D eigenvalue weighted by atomic mass is 10.1. The third-order valence-electron chi connectivity index (χ3n) is 5.70. The maximum absolute atomic E-state index is 11.8. The normalized spacial score (nSPS) is 13.8. The molecule has 2 aromatic heterocycles. The van der Waals surface area contributed by atoms with E-state index in [1.807, 2.05) is 36.1 Å². The second kappa shape index (κ2) is 8.87.